The number of imidazole rings is 1. The standard InChI is InChI=1S/C14H21F2N3O2/c1-2-4-14(12(20)21)5-3-7-18(10-14)9-11-17-6-8-19(11)13(15)16/h6,8,13H,2-5,7,9-10H2,1H3,(H,20,21). The molecule has 0 bridgehead atoms. The second kappa shape index (κ2) is 6.51. The molecule has 2 heterocycles. The van der Waals surface area contributed by atoms with Gasteiger partial charge in [-0.3, -0.25) is 14.3 Å². The Morgan fingerprint density at radius 1 is 1.57 bits per heavy atom. The molecule has 0 saturated carbocycles. The van der Waals surface area contributed by atoms with Crippen LogP contribution in [0.1, 0.15) is 45.0 Å². The molecule has 1 aliphatic rings. The van der Waals surface area contributed by atoms with Crippen LogP contribution < -0.4 is 0 Å². The van der Waals surface area contributed by atoms with Gasteiger partial charge in [0.1, 0.15) is 5.82 Å². The van der Waals surface area contributed by atoms with Crippen LogP contribution in [0.3, 0.4) is 0 Å². The van der Waals surface area contributed by atoms with Crippen LogP contribution in [0.5, 0.6) is 0 Å². The topological polar surface area (TPSA) is 58.4 Å². The van der Waals surface area contributed by atoms with E-state index >= 15 is 0 Å². The number of carboxylic acid groups (broad SMARTS) is 1. The molecule has 1 aliphatic heterocycles. The monoisotopic (exact) mass is 301 g/mol. The van der Waals surface area contributed by atoms with E-state index in [2.05, 4.69) is 4.98 Å². The zero-order valence-corrected chi connectivity index (χ0v) is 12.1. The lowest BCUT2D eigenvalue weighted by molar-refractivity contribution is -0.153. The summed E-state index contributed by atoms with van der Waals surface area (Å²) in [6.07, 6.45) is 5.42. The highest BCUT2D eigenvalue weighted by Crippen LogP contribution is 2.35. The number of rotatable bonds is 6. The van der Waals surface area contributed by atoms with E-state index in [1.54, 1.807) is 0 Å². The molecule has 1 N–H and O–H groups in total. The van der Waals surface area contributed by atoms with Crippen molar-refractivity contribution in [1.82, 2.24) is 14.5 Å². The molecule has 2 rings (SSSR count). The summed E-state index contributed by atoms with van der Waals surface area (Å²) in [6, 6.07) is 0. The SMILES string of the molecule is CCCC1(C(=O)O)CCCN(Cc2nccn2C(F)F)C1. The van der Waals surface area contributed by atoms with Gasteiger partial charge in [0.2, 0.25) is 0 Å². The van der Waals surface area contributed by atoms with Crippen molar-refractivity contribution in [2.75, 3.05) is 13.1 Å². The number of halogens is 2. The molecular weight excluding hydrogens is 280 g/mol. The molecule has 1 aromatic rings. The molecule has 1 aromatic heterocycles. The highest BCUT2D eigenvalue weighted by molar-refractivity contribution is 5.75. The van der Waals surface area contributed by atoms with Gasteiger partial charge >= 0.3 is 12.5 Å². The van der Waals surface area contributed by atoms with Gasteiger partial charge < -0.3 is 5.11 Å². The number of hydrogen-bond donors (Lipinski definition) is 1. The number of carboxylic acids is 1. The molecule has 1 unspecified atom stereocenters. The third-order valence-electron chi connectivity index (χ3n) is 4.16. The normalized spacial score (nSPS) is 23.6. The number of alkyl halides is 2. The van der Waals surface area contributed by atoms with E-state index in [0.717, 1.165) is 24.0 Å². The first kappa shape index (κ1) is 15.9. The van der Waals surface area contributed by atoms with E-state index in [0.29, 0.717) is 19.4 Å². The molecular formula is C14H21F2N3O2. The van der Waals surface area contributed by atoms with E-state index in [4.69, 9.17) is 0 Å². The number of aliphatic carboxylic acids is 1. The lowest BCUT2D eigenvalue weighted by atomic mass is 9.76. The molecule has 1 atom stereocenters. The van der Waals surface area contributed by atoms with Crippen molar-refractivity contribution in [3.63, 3.8) is 0 Å². The number of likely N-dealkylation sites (tertiary alicyclic amines) is 1. The van der Waals surface area contributed by atoms with Crippen LogP contribution in [0.2, 0.25) is 0 Å². The lowest BCUT2D eigenvalue weighted by Crippen LogP contribution is -2.47. The predicted octanol–water partition coefficient (Wildman–Crippen LogP) is 2.75. The minimum atomic E-state index is -2.62. The van der Waals surface area contributed by atoms with Gasteiger partial charge in [0.15, 0.2) is 0 Å². The summed E-state index contributed by atoms with van der Waals surface area (Å²) in [5.74, 6) is -0.506. The summed E-state index contributed by atoms with van der Waals surface area (Å²) >= 11 is 0. The van der Waals surface area contributed by atoms with Gasteiger partial charge in [0, 0.05) is 18.9 Å². The van der Waals surface area contributed by atoms with E-state index in [1.165, 1.54) is 12.4 Å². The predicted molar refractivity (Wildman–Crippen MR) is 73.0 cm³/mol. The minimum absolute atomic E-state index is 0.260. The molecule has 0 radical (unpaired) electrons. The van der Waals surface area contributed by atoms with Gasteiger partial charge in [-0.05, 0) is 25.8 Å². The molecule has 1 saturated heterocycles. The Labute approximate surface area is 122 Å². The van der Waals surface area contributed by atoms with E-state index in [1.807, 2.05) is 11.8 Å². The molecule has 21 heavy (non-hydrogen) atoms. The van der Waals surface area contributed by atoms with Crippen molar-refractivity contribution in [2.45, 2.75) is 45.7 Å². The van der Waals surface area contributed by atoms with Gasteiger partial charge in [0.25, 0.3) is 0 Å². The fraction of sp³-hybridized carbons (Fsp3) is 0.714. The smallest absolute Gasteiger partial charge is 0.319 e. The maximum Gasteiger partial charge on any atom is 0.319 e. The molecule has 1 fully saturated rings. The van der Waals surface area contributed by atoms with Gasteiger partial charge in [0.05, 0.1) is 12.0 Å². The van der Waals surface area contributed by atoms with Crippen molar-refractivity contribution in [2.24, 2.45) is 5.41 Å². The summed E-state index contributed by atoms with van der Waals surface area (Å²) in [5.41, 5.74) is -0.755. The summed E-state index contributed by atoms with van der Waals surface area (Å²) in [4.78, 5) is 17.5. The largest absolute Gasteiger partial charge is 0.481 e. The third kappa shape index (κ3) is 3.40. The van der Waals surface area contributed by atoms with Crippen LogP contribution in [0.25, 0.3) is 0 Å². The zero-order chi connectivity index (χ0) is 15.5. The number of nitrogens with zero attached hydrogens (tertiary/aromatic N) is 3. The Balaban J connectivity index is 2.10. The Kier molecular flexibility index (Phi) is 4.92. The van der Waals surface area contributed by atoms with Crippen molar-refractivity contribution in [1.29, 1.82) is 0 Å². The van der Waals surface area contributed by atoms with Crippen LogP contribution in [0.4, 0.5) is 8.78 Å². The van der Waals surface area contributed by atoms with Crippen LogP contribution in [0, 0.1) is 5.41 Å². The first-order valence-electron chi connectivity index (χ1n) is 7.24. The van der Waals surface area contributed by atoms with Gasteiger partial charge in [-0.2, -0.15) is 8.78 Å². The van der Waals surface area contributed by atoms with Crippen molar-refractivity contribution >= 4 is 5.97 Å². The van der Waals surface area contributed by atoms with E-state index in [-0.39, 0.29) is 12.4 Å². The zero-order valence-electron chi connectivity index (χ0n) is 12.1. The van der Waals surface area contributed by atoms with E-state index in [9.17, 15) is 18.7 Å². The Bertz CT molecular complexity index is 488. The fourth-order valence-corrected chi connectivity index (χ4v) is 3.17. The number of carbonyl (C=O) groups is 1. The average molecular weight is 301 g/mol. The first-order valence-corrected chi connectivity index (χ1v) is 7.24. The van der Waals surface area contributed by atoms with Gasteiger partial charge in [-0.25, -0.2) is 4.98 Å². The Hall–Kier alpha value is -1.50. The molecule has 0 aromatic carbocycles. The highest BCUT2D eigenvalue weighted by Gasteiger charge is 2.41. The molecule has 118 valence electrons. The van der Waals surface area contributed by atoms with Crippen LogP contribution in [-0.2, 0) is 11.3 Å². The average Bonchev–Trinajstić information content (AvgIpc) is 2.87. The van der Waals surface area contributed by atoms with Crippen LogP contribution in [-0.4, -0.2) is 38.6 Å². The van der Waals surface area contributed by atoms with Crippen LogP contribution in [0.15, 0.2) is 12.4 Å². The third-order valence-corrected chi connectivity index (χ3v) is 4.16. The fourth-order valence-electron chi connectivity index (χ4n) is 3.17. The quantitative estimate of drug-likeness (QED) is 0.877. The highest BCUT2D eigenvalue weighted by atomic mass is 19.3. The van der Waals surface area contributed by atoms with Crippen molar-refractivity contribution in [3.8, 4) is 0 Å². The maximum atomic E-state index is 12.8. The Morgan fingerprint density at radius 2 is 2.33 bits per heavy atom. The van der Waals surface area contributed by atoms with Gasteiger partial charge in [-0.1, -0.05) is 13.3 Å². The molecule has 7 heteroatoms. The summed E-state index contributed by atoms with van der Waals surface area (Å²) < 4.78 is 26.5. The van der Waals surface area contributed by atoms with Crippen LogP contribution >= 0.6 is 0 Å². The Morgan fingerprint density at radius 3 is 2.95 bits per heavy atom. The van der Waals surface area contributed by atoms with Crippen molar-refractivity contribution in [3.05, 3.63) is 18.2 Å². The molecule has 0 amide bonds. The summed E-state index contributed by atoms with van der Waals surface area (Å²) in [6.45, 7) is 0.719. The second-order valence-electron chi connectivity index (χ2n) is 5.68. The minimum Gasteiger partial charge on any atom is -0.481 e. The first-order chi connectivity index (χ1) is 9.98. The number of hydrogen-bond acceptors (Lipinski definition) is 3. The van der Waals surface area contributed by atoms with Crippen molar-refractivity contribution < 1.29 is 18.7 Å². The molecule has 5 nitrogen and oxygen atoms in total. The maximum absolute atomic E-state index is 12.8. The molecule has 0 aliphatic carbocycles. The van der Waals surface area contributed by atoms with Gasteiger partial charge in [-0.15, -0.1) is 0 Å². The number of piperidine rings is 1. The second-order valence-corrected chi connectivity index (χ2v) is 5.68. The summed E-state index contributed by atoms with van der Waals surface area (Å²) in [7, 11) is 0. The lowest BCUT2D eigenvalue weighted by Gasteiger charge is -2.39. The molecule has 0 spiro atoms. The summed E-state index contributed by atoms with van der Waals surface area (Å²) in [5, 5.41) is 9.54. The van der Waals surface area contributed by atoms with E-state index < -0.39 is 17.9 Å². The number of aromatic nitrogens is 2.